The second-order valence-electron chi connectivity index (χ2n) is 7.40. The van der Waals surface area contributed by atoms with Crippen LogP contribution in [0.1, 0.15) is 11.1 Å². The van der Waals surface area contributed by atoms with Gasteiger partial charge in [-0.1, -0.05) is 84.9 Å². The maximum atomic E-state index is 12.8. The van der Waals surface area contributed by atoms with E-state index in [-0.39, 0.29) is 0 Å². The van der Waals surface area contributed by atoms with Crippen molar-refractivity contribution in [2.45, 2.75) is 12.8 Å². The zero-order valence-electron chi connectivity index (χ0n) is 16.3. The molecule has 0 fully saturated rings. The molecule has 0 saturated heterocycles. The Labute approximate surface area is 170 Å². The SMILES string of the molecule is COC(=O)C(C#N)(Cc1ccc2ccccc2c1)Cc1ccc2ccccc2c1. The molecule has 0 aromatic heterocycles. The quantitative estimate of drug-likeness (QED) is 0.433. The van der Waals surface area contributed by atoms with E-state index in [4.69, 9.17) is 4.74 Å². The van der Waals surface area contributed by atoms with Gasteiger partial charge in [0.15, 0.2) is 5.41 Å². The summed E-state index contributed by atoms with van der Waals surface area (Å²) in [6.45, 7) is 0. The third kappa shape index (κ3) is 3.70. The van der Waals surface area contributed by atoms with Gasteiger partial charge in [-0.25, -0.2) is 0 Å². The van der Waals surface area contributed by atoms with Crippen molar-refractivity contribution in [2.75, 3.05) is 7.11 Å². The molecule has 0 saturated carbocycles. The Balaban J connectivity index is 1.72. The van der Waals surface area contributed by atoms with Gasteiger partial charge >= 0.3 is 5.97 Å². The number of fused-ring (bicyclic) bond motifs is 2. The first-order valence-electron chi connectivity index (χ1n) is 9.59. The van der Waals surface area contributed by atoms with Crippen LogP contribution in [0.3, 0.4) is 0 Å². The van der Waals surface area contributed by atoms with Gasteiger partial charge in [-0.3, -0.25) is 4.79 Å². The molecule has 4 aromatic rings. The molecular formula is C26H21NO2. The average molecular weight is 379 g/mol. The van der Waals surface area contributed by atoms with Gasteiger partial charge in [-0.15, -0.1) is 0 Å². The molecule has 3 heteroatoms. The fraction of sp³-hybridized carbons (Fsp3) is 0.154. The van der Waals surface area contributed by atoms with E-state index in [0.29, 0.717) is 12.8 Å². The van der Waals surface area contributed by atoms with E-state index >= 15 is 0 Å². The van der Waals surface area contributed by atoms with Crippen LogP contribution < -0.4 is 0 Å². The molecule has 4 rings (SSSR count). The fourth-order valence-corrected chi connectivity index (χ4v) is 3.92. The summed E-state index contributed by atoms with van der Waals surface area (Å²) in [4.78, 5) is 12.8. The van der Waals surface area contributed by atoms with E-state index in [2.05, 4.69) is 6.07 Å². The van der Waals surface area contributed by atoms with Crippen LogP contribution in [0, 0.1) is 16.7 Å². The summed E-state index contributed by atoms with van der Waals surface area (Å²) in [5.74, 6) is -0.499. The van der Waals surface area contributed by atoms with Crippen molar-refractivity contribution in [2.24, 2.45) is 5.41 Å². The lowest BCUT2D eigenvalue weighted by Gasteiger charge is -2.24. The lowest BCUT2D eigenvalue weighted by molar-refractivity contribution is -0.149. The molecule has 0 amide bonds. The topological polar surface area (TPSA) is 50.1 Å². The Morgan fingerprint density at radius 1 is 0.793 bits per heavy atom. The second kappa shape index (κ2) is 7.77. The summed E-state index contributed by atoms with van der Waals surface area (Å²) >= 11 is 0. The molecule has 142 valence electrons. The van der Waals surface area contributed by atoms with Crippen molar-refractivity contribution in [1.29, 1.82) is 5.26 Å². The molecule has 4 aromatic carbocycles. The number of ether oxygens (including phenoxy) is 1. The normalized spacial score (nSPS) is 11.3. The number of rotatable bonds is 5. The largest absolute Gasteiger partial charge is 0.468 e. The van der Waals surface area contributed by atoms with Crippen molar-refractivity contribution in [3.63, 3.8) is 0 Å². The minimum absolute atomic E-state index is 0.299. The number of carbonyl (C=O) groups is 1. The van der Waals surface area contributed by atoms with Crippen LogP contribution in [0.4, 0.5) is 0 Å². The summed E-state index contributed by atoms with van der Waals surface area (Å²) < 4.78 is 5.06. The highest BCUT2D eigenvalue weighted by Gasteiger charge is 2.40. The first-order valence-corrected chi connectivity index (χ1v) is 9.59. The maximum Gasteiger partial charge on any atom is 0.326 e. The lowest BCUT2D eigenvalue weighted by atomic mass is 9.77. The molecule has 0 bridgehead atoms. The van der Waals surface area contributed by atoms with E-state index in [0.717, 1.165) is 32.7 Å². The van der Waals surface area contributed by atoms with E-state index in [1.54, 1.807) is 0 Å². The molecule has 0 radical (unpaired) electrons. The number of carbonyl (C=O) groups excluding carboxylic acids is 1. The Hall–Kier alpha value is -3.64. The van der Waals surface area contributed by atoms with Gasteiger partial charge in [0.05, 0.1) is 13.2 Å². The molecule has 0 unspecified atom stereocenters. The Kier molecular flexibility index (Phi) is 5.01. The standard InChI is InChI=1S/C26H21NO2/c1-29-25(28)26(18-27,16-19-10-12-21-6-2-4-8-23(21)14-19)17-20-11-13-22-7-3-5-9-24(22)15-20/h2-15H,16-17H2,1H3. The summed E-state index contributed by atoms with van der Waals surface area (Å²) in [5.41, 5.74) is 0.604. The second-order valence-corrected chi connectivity index (χ2v) is 7.40. The number of hydrogen-bond donors (Lipinski definition) is 0. The highest BCUT2D eigenvalue weighted by Crippen LogP contribution is 2.31. The minimum atomic E-state index is -1.28. The molecule has 0 heterocycles. The molecule has 0 aliphatic carbocycles. The third-order valence-corrected chi connectivity index (χ3v) is 5.43. The summed E-state index contributed by atoms with van der Waals surface area (Å²) in [6, 6.07) is 30.5. The van der Waals surface area contributed by atoms with Crippen LogP contribution in [-0.2, 0) is 22.4 Å². The Morgan fingerprint density at radius 2 is 1.24 bits per heavy atom. The van der Waals surface area contributed by atoms with Crippen LogP contribution in [0.5, 0.6) is 0 Å². The number of methoxy groups -OCH3 is 1. The van der Waals surface area contributed by atoms with Crippen LogP contribution in [0.2, 0.25) is 0 Å². The predicted octanol–water partition coefficient (Wildman–Crippen LogP) is 5.46. The fourth-order valence-electron chi connectivity index (χ4n) is 3.92. The zero-order chi connectivity index (χ0) is 20.3. The Morgan fingerprint density at radius 3 is 1.66 bits per heavy atom. The number of nitriles is 1. The highest BCUT2D eigenvalue weighted by atomic mass is 16.5. The molecule has 29 heavy (non-hydrogen) atoms. The average Bonchev–Trinajstić information content (AvgIpc) is 2.77. The smallest absolute Gasteiger partial charge is 0.326 e. The number of benzene rings is 4. The Bertz CT molecular complexity index is 1150. The summed E-state index contributed by atoms with van der Waals surface area (Å²) in [7, 11) is 1.34. The van der Waals surface area contributed by atoms with Crippen molar-refractivity contribution in [3.05, 3.63) is 96.1 Å². The molecule has 0 aliphatic heterocycles. The number of esters is 1. The van der Waals surface area contributed by atoms with E-state index in [9.17, 15) is 10.1 Å². The van der Waals surface area contributed by atoms with E-state index in [1.807, 2.05) is 84.9 Å². The number of hydrogen-bond acceptors (Lipinski definition) is 3. The third-order valence-electron chi connectivity index (χ3n) is 5.43. The van der Waals surface area contributed by atoms with Gasteiger partial charge in [-0.2, -0.15) is 5.26 Å². The predicted molar refractivity (Wildman–Crippen MR) is 115 cm³/mol. The van der Waals surface area contributed by atoms with Gasteiger partial charge < -0.3 is 4.74 Å². The van der Waals surface area contributed by atoms with Crippen molar-refractivity contribution in [3.8, 4) is 6.07 Å². The van der Waals surface area contributed by atoms with Crippen LogP contribution >= 0.6 is 0 Å². The molecule has 0 N–H and O–H groups in total. The van der Waals surface area contributed by atoms with Crippen molar-refractivity contribution in [1.82, 2.24) is 0 Å². The van der Waals surface area contributed by atoms with Crippen molar-refractivity contribution < 1.29 is 9.53 Å². The lowest BCUT2D eigenvalue weighted by Crippen LogP contribution is -2.35. The first kappa shape index (κ1) is 18.7. The molecular weight excluding hydrogens is 358 g/mol. The van der Waals surface area contributed by atoms with E-state index in [1.165, 1.54) is 7.11 Å². The molecule has 0 aliphatic rings. The maximum absolute atomic E-state index is 12.8. The van der Waals surface area contributed by atoms with Crippen molar-refractivity contribution >= 4 is 27.5 Å². The zero-order valence-corrected chi connectivity index (χ0v) is 16.3. The highest BCUT2D eigenvalue weighted by molar-refractivity contribution is 5.85. The molecule has 0 spiro atoms. The van der Waals surface area contributed by atoms with Gasteiger partial charge in [0, 0.05) is 12.8 Å². The monoisotopic (exact) mass is 379 g/mol. The summed E-state index contributed by atoms with van der Waals surface area (Å²) in [6.07, 6.45) is 0.599. The van der Waals surface area contributed by atoms with E-state index < -0.39 is 11.4 Å². The van der Waals surface area contributed by atoms with Gasteiger partial charge in [-0.05, 0) is 32.7 Å². The minimum Gasteiger partial charge on any atom is -0.468 e. The first-order chi connectivity index (χ1) is 14.1. The van der Waals surface area contributed by atoms with Crippen LogP contribution in [-0.4, -0.2) is 13.1 Å². The molecule has 0 atom stereocenters. The van der Waals surface area contributed by atoms with Gasteiger partial charge in [0.2, 0.25) is 0 Å². The molecule has 3 nitrogen and oxygen atoms in total. The van der Waals surface area contributed by atoms with Gasteiger partial charge in [0.1, 0.15) is 0 Å². The summed E-state index contributed by atoms with van der Waals surface area (Å²) in [5, 5.41) is 14.5. The van der Waals surface area contributed by atoms with Crippen LogP contribution in [0.15, 0.2) is 84.9 Å². The van der Waals surface area contributed by atoms with Crippen LogP contribution in [0.25, 0.3) is 21.5 Å². The number of nitrogens with zero attached hydrogens (tertiary/aromatic N) is 1. The van der Waals surface area contributed by atoms with Gasteiger partial charge in [0.25, 0.3) is 0 Å².